The predicted octanol–water partition coefficient (Wildman–Crippen LogP) is 3.95. The van der Waals surface area contributed by atoms with Gasteiger partial charge in [0.25, 0.3) is 0 Å². The molecular formula is C18H35NO5Si. The second-order valence-corrected chi connectivity index (χ2v) is 14.2. The van der Waals surface area contributed by atoms with Crippen molar-refractivity contribution in [2.75, 3.05) is 13.7 Å². The maximum absolute atomic E-state index is 12.7. The second kappa shape index (κ2) is 6.91. The highest BCUT2D eigenvalue weighted by atomic mass is 28.4. The van der Waals surface area contributed by atoms with E-state index in [9.17, 15) is 9.59 Å². The summed E-state index contributed by atoms with van der Waals surface area (Å²) in [6, 6.07) is 0. The van der Waals surface area contributed by atoms with Gasteiger partial charge >= 0.3 is 12.1 Å². The third kappa shape index (κ3) is 4.56. The Morgan fingerprint density at radius 3 is 2.04 bits per heavy atom. The number of amides is 1. The molecular weight excluding hydrogens is 338 g/mol. The number of likely N-dealkylation sites (tertiary alicyclic amines) is 1. The zero-order chi connectivity index (χ0) is 19.8. The van der Waals surface area contributed by atoms with Gasteiger partial charge < -0.3 is 13.9 Å². The molecule has 0 spiro atoms. The molecule has 2 atom stereocenters. The molecule has 0 aromatic carbocycles. The first kappa shape index (κ1) is 22.0. The first-order valence-corrected chi connectivity index (χ1v) is 11.7. The number of hydrogen-bond donors (Lipinski definition) is 0. The van der Waals surface area contributed by atoms with Crippen molar-refractivity contribution < 1.29 is 23.5 Å². The fraction of sp³-hybridized carbons (Fsp3) is 0.889. The normalized spacial score (nSPS) is 25.0. The fourth-order valence-electron chi connectivity index (χ4n) is 2.69. The number of carbonyl (C=O) groups excluding carboxylic acids is 2. The zero-order valence-corrected chi connectivity index (χ0v) is 18.5. The van der Waals surface area contributed by atoms with Gasteiger partial charge in [-0.2, -0.15) is 0 Å². The van der Waals surface area contributed by atoms with Crippen LogP contribution in [-0.4, -0.2) is 56.2 Å². The summed E-state index contributed by atoms with van der Waals surface area (Å²) in [4.78, 5) is 26.7. The van der Waals surface area contributed by atoms with Gasteiger partial charge in [-0.15, -0.1) is 0 Å². The van der Waals surface area contributed by atoms with Gasteiger partial charge in [0.15, 0.2) is 13.9 Å². The van der Waals surface area contributed by atoms with Crippen LogP contribution in [0.3, 0.4) is 0 Å². The number of nitrogens with zero attached hydrogens (tertiary/aromatic N) is 1. The molecule has 1 heterocycles. The largest absolute Gasteiger partial charge is 0.467 e. The summed E-state index contributed by atoms with van der Waals surface area (Å²) in [6.45, 7) is 18.3. The van der Waals surface area contributed by atoms with Crippen molar-refractivity contribution in [2.24, 2.45) is 0 Å². The lowest BCUT2D eigenvalue weighted by atomic mass is 9.96. The molecule has 0 aromatic rings. The van der Waals surface area contributed by atoms with Crippen LogP contribution in [0.1, 0.15) is 54.9 Å². The summed E-state index contributed by atoms with van der Waals surface area (Å²) in [5.74, 6) is -0.473. The summed E-state index contributed by atoms with van der Waals surface area (Å²) >= 11 is 0. The van der Waals surface area contributed by atoms with Gasteiger partial charge in [-0.1, -0.05) is 20.8 Å². The Balaban J connectivity index is 3.17. The molecule has 0 aliphatic carbocycles. The molecule has 1 fully saturated rings. The van der Waals surface area contributed by atoms with Crippen LogP contribution >= 0.6 is 0 Å². The molecule has 1 aliphatic heterocycles. The van der Waals surface area contributed by atoms with E-state index in [1.807, 2.05) is 0 Å². The van der Waals surface area contributed by atoms with Crippen LogP contribution in [0.5, 0.6) is 0 Å². The van der Waals surface area contributed by atoms with Crippen LogP contribution < -0.4 is 0 Å². The van der Waals surface area contributed by atoms with Crippen LogP contribution in [-0.2, 0) is 18.7 Å². The van der Waals surface area contributed by atoms with Crippen molar-refractivity contribution >= 4 is 20.4 Å². The van der Waals surface area contributed by atoms with E-state index in [0.29, 0.717) is 13.0 Å². The van der Waals surface area contributed by atoms with Gasteiger partial charge in [-0.3, -0.25) is 4.90 Å². The van der Waals surface area contributed by atoms with Gasteiger partial charge in [0, 0.05) is 6.54 Å². The van der Waals surface area contributed by atoms with Gasteiger partial charge in [-0.05, 0) is 52.2 Å². The number of carbonyl (C=O) groups is 2. The van der Waals surface area contributed by atoms with E-state index in [2.05, 4.69) is 33.9 Å². The molecule has 6 nitrogen and oxygen atoms in total. The second-order valence-electron chi connectivity index (χ2n) is 9.43. The highest BCUT2D eigenvalue weighted by Crippen LogP contribution is 2.42. The molecule has 1 saturated heterocycles. The number of methoxy groups -OCH3 is 1. The van der Waals surface area contributed by atoms with E-state index in [4.69, 9.17) is 13.9 Å². The van der Waals surface area contributed by atoms with E-state index in [0.717, 1.165) is 0 Å². The van der Waals surface area contributed by atoms with Crippen LogP contribution in [0.25, 0.3) is 0 Å². The Kier molecular flexibility index (Phi) is 6.07. The van der Waals surface area contributed by atoms with Crippen molar-refractivity contribution in [1.82, 2.24) is 4.90 Å². The average Bonchev–Trinajstić information content (AvgIpc) is 2.72. The van der Waals surface area contributed by atoms with E-state index < -0.39 is 37.6 Å². The molecule has 25 heavy (non-hydrogen) atoms. The Labute approximate surface area is 153 Å². The van der Waals surface area contributed by atoms with Crippen molar-refractivity contribution in [2.45, 2.75) is 90.3 Å². The van der Waals surface area contributed by atoms with Crippen molar-refractivity contribution in [1.29, 1.82) is 0 Å². The Morgan fingerprint density at radius 2 is 1.64 bits per heavy atom. The molecule has 146 valence electrons. The molecule has 0 saturated carbocycles. The molecule has 1 rings (SSSR count). The third-order valence-corrected chi connectivity index (χ3v) is 9.74. The Hall–Kier alpha value is -1.08. The number of rotatable bonds is 3. The Bertz CT molecular complexity index is 521. The van der Waals surface area contributed by atoms with Gasteiger partial charge in [0.1, 0.15) is 5.60 Å². The minimum Gasteiger partial charge on any atom is -0.467 e. The van der Waals surface area contributed by atoms with Crippen molar-refractivity contribution in [3.05, 3.63) is 0 Å². The molecule has 1 aliphatic rings. The first-order chi connectivity index (χ1) is 11.1. The maximum atomic E-state index is 12.7. The smallest absolute Gasteiger partial charge is 0.411 e. The van der Waals surface area contributed by atoms with Crippen LogP contribution in [0, 0.1) is 0 Å². The summed E-state index contributed by atoms with van der Waals surface area (Å²) < 4.78 is 17.0. The topological polar surface area (TPSA) is 65.1 Å². The maximum Gasteiger partial charge on any atom is 0.411 e. The van der Waals surface area contributed by atoms with Gasteiger partial charge in [0.2, 0.25) is 0 Å². The lowest BCUT2D eigenvalue weighted by Gasteiger charge is -2.43. The minimum atomic E-state index is -2.12. The number of hydrogen-bond acceptors (Lipinski definition) is 5. The molecule has 0 aromatic heterocycles. The van der Waals surface area contributed by atoms with Crippen molar-refractivity contribution in [3.8, 4) is 0 Å². The molecule has 7 heteroatoms. The quantitative estimate of drug-likeness (QED) is 0.553. The van der Waals surface area contributed by atoms with Gasteiger partial charge in [-0.25, -0.2) is 9.59 Å². The lowest BCUT2D eigenvalue weighted by Crippen LogP contribution is -2.60. The number of ether oxygens (including phenoxy) is 2. The highest BCUT2D eigenvalue weighted by Gasteiger charge is 2.57. The van der Waals surface area contributed by atoms with Crippen LogP contribution in [0.15, 0.2) is 0 Å². The van der Waals surface area contributed by atoms with Crippen LogP contribution in [0.4, 0.5) is 4.79 Å². The first-order valence-electron chi connectivity index (χ1n) is 8.83. The molecule has 0 bridgehead atoms. The highest BCUT2D eigenvalue weighted by molar-refractivity contribution is 6.74. The third-order valence-electron chi connectivity index (χ3n) is 5.26. The predicted molar refractivity (Wildman–Crippen MR) is 100 cm³/mol. The minimum absolute atomic E-state index is 0.00334. The van der Waals surface area contributed by atoms with E-state index in [1.165, 1.54) is 12.0 Å². The van der Waals surface area contributed by atoms with Gasteiger partial charge in [0.05, 0.1) is 13.2 Å². The van der Waals surface area contributed by atoms with E-state index >= 15 is 0 Å². The summed E-state index contributed by atoms with van der Waals surface area (Å²) in [5, 5.41) is 0.00334. The molecule has 0 radical (unpaired) electrons. The fourth-order valence-corrected chi connectivity index (χ4v) is 4.10. The molecule has 0 N–H and O–H groups in total. The Morgan fingerprint density at radius 1 is 1.12 bits per heavy atom. The average molecular weight is 374 g/mol. The SMILES string of the molecule is COC(=O)[C@]1(C)[C@@H](O[Si](C)(C)C(C)(C)C)CCN1C(=O)OC(C)(C)C. The van der Waals surface area contributed by atoms with Crippen LogP contribution in [0.2, 0.25) is 18.1 Å². The molecule has 0 unspecified atom stereocenters. The summed E-state index contributed by atoms with van der Waals surface area (Å²) in [7, 11) is -0.779. The lowest BCUT2D eigenvalue weighted by molar-refractivity contribution is -0.156. The van der Waals surface area contributed by atoms with E-state index in [1.54, 1.807) is 27.7 Å². The summed E-state index contributed by atoms with van der Waals surface area (Å²) in [6.07, 6.45) is -0.341. The monoisotopic (exact) mass is 373 g/mol. The molecule has 1 amide bonds. The van der Waals surface area contributed by atoms with Crippen molar-refractivity contribution in [3.63, 3.8) is 0 Å². The number of esters is 1. The van der Waals surface area contributed by atoms with E-state index in [-0.39, 0.29) is 5.04 Å². The standard InChI is InChI=1S/C18H35NO5Si/c1-16(2,3)23-15(21)19-12-11-13(18(19,7)14(20)22-8)24-25(9,10)17(4,5)6/h13H,11-12H2,1-10H3/t13-,18-/m0/s1. The zero-order valence-electron chi connectivity index (χ0n) is 17.5. The summed E-state index contributed by atoms with van der Waals surface area (Å²) in [5.41, 5.74) is -1.82.